The molecule has 150 valence electrons. The number of carbonyl (C=O) groups is 1. The van der Waals surface area contributed by atoms with Gasteiger partial charge in [-0.2, -0.15) is 5.10 Å². The highest BCUT2D eigenvalue weighted by Gasteiger charge is 2.11. The van der Waals surface area contributed by atoms with Crippen LogP contribution < -0.4 is 19.6 Å². The third kappa shape index (κ3) is 6.78. The molecule has 28 heavy (non-hydrogen) atoms. The number of halogens is 1. The van der Waals surface area contributed by atoms with Crippen LogP contribution in [-0.2, 0) is 4.79 Å². The average molecular weight is 405 g/mol. The van der Waals surface area contributed by atoms with Crippen LogP contribution in [0.1, 0.15) is 30.0 Å². The summed E-state index contributed by atoms with van der Waals surface area (Å²) < 4.78 is 16.9. The zero-order valence-corrected chi connectivity index (χ0v) is 17.3. The molecule has 0 saturated carbocycles. The fourth-order valence-corrected chi connectivity index (χ4v) is 2.87. The lowest BCUT2D eigenvalue weighted by Gasteiger charge is -2.14. The van der Waals surface area contributed by atoms with Gasteiger partial charge >= 0.3 is 0 Å². The molecule has 1 amide bonds. The number of hydrazone groups is 1. The Hall–Kier alpha value is -2.73. The van der Waals surface area contributed by atoms with Crippen molar-refractivity contribution < 1.29 is 19.0 Å². The monoisotopic (exact) mass is 404 g/mol. The second-order valence-corrected chi connectivity index (χ2v) is 6.74. The molecular formula is C21H25ClN2O4. The zero-order valence-electron chi connectivity index (χ0n) is 16.5. The number of benzene rings is 2. The van der Waals surface area contributed by atoms with Crippen LogP contribution in [0.5, 0.6) is 17.2 Å². The van der Waals surface area contributed by atoms with Crippen molar-refractivity contribution in [3.63, 3.8) is 0 Å². The van der Waals surface area contributed by atoms with Gasteiger partial charge in [-0.05, 0) is 54.8 Å². The van der Waals surface area contributed by atoms with Crippen molar-refractivity contribution in [1.82, 2.24) is 5.43 Å². The lowest BCUT2D eigenvalue weighted by molar-refractivity contribution is -0.118. The van der Waals surface area contributed by atoms with Crippen LogP contribution in [0.25, 0.3) is 0 Å². The second kappa shape index (κ2) is 10.6. The Morgan fingerprint density at radius 3 is 2.43 bits per heavy atom. The van der Waals surface area contributed by atoms with E-state index in [2.05, 4.69) is 16.6 Å². The molecule has 1 N–H and O–H groups in total. The molecule has 6 nitrogen and oxygen atoms in total. The fourth-order valence-electron chi connectivity index (χ4n) is 2.59. The lowest BCUT2D eigenvalue weighted by atomic mass is 10.1. The molecule has 0 aromatic heterocycles. The summed E-state index contributed by atoms with van der Waals surface area (Å²) in [6.45, 7) is 6.43. The largest absolute Gasteiger partial charge is 0.493 e. The summed E-state index contributed by atoms with van der Waals surface area (Å²) in [6, 6.07) is 9.55. The topological polar surface area (TPSA) is 69.2 Å². The Morgan fingerprint density at radius 1 is 1.11 bits per heavy atom. The molecule has 0 unspecified atom stereocenters. The highest BCUT2D eigenvalue weighted by atomic mass is 35.5. The van der Waals surface area contributed by atoms with Crippen LogP contribution in [-0.4, -0.2) is 32.4 Å². The van der Waals surface area contributed by atoms with Crippen LogP contribution in [0, 0.1) is 13.8 Å². The zero-order chi connectivity index (χ0) is 20.5. The number of nitrogens with zero attached hydrogens (tertiary/aromatic N) is 1. The van der Waals surface area contributed by atoms with Crippen LogP contribution in [0.2, 0.25) is 5.02 Å². The summed E-state index contributed by atoms with van der Waals surface area (Å²) in [5, 5.41) is 4.22. The van der Waals surface area contributed by atoms with Gasteiger partial charge in [-0.15, -0.1) is 0 Å². The summed E-state index contributed by atoms with van der Waals surface area (Å²) in [5.74, 6) is 1.56. The molecule has 0 aliphatic carbocycles. The maximum Gasteiger partial charge on any atom is 0.236 e. The van der Waals surface area contributed by atoms with Gasteiger partial charge < -0.3 is 14.2 Å². The smallest absolute Gasteiger partial charge is 0.236 e. The normalized spacial score (nSPS) is 10.8. The summed E-state index contributed by atoms with van der Waals surface area (Å²) in [5.41, 5.74) is 5.36. The van der Waals surface area contributed by atoms with Crippen LogP contribution in [0.15, 0.2) is 35.4 Å². The Kier molecular flexibility index (Phi) is 8.14. The van der Waals surface area contributed by atoms with Crippen LogP contribution in [0.3, 0.4) is 0 Å². The molecule has 0 atom stereocenters. The maximum absolute atomic E-state index is 10.9. The first kappa shape index (κ1) is 21.6. The van der Waals surface area contributed by atoms with E-state index in [9.17, 15) is 4.79 Å². The molecule has 0 bridgehead atoms. The maximum atomic E-state index is 10.9. The minimum absolute atomic E-state index is 0.252. The SMILES string of the molecule is COc1cc(C=NNC(C)=O)cc(Cl)c1OCCCOc1cc(C)cc(C)c1. The summed E-state index contributed by atoms with van der Waals surface area (Å²) in [6.07, 6.45) is 2.18. The van der Waals surface area contributed by atoms with Gasteiger partial charge in [0.15, 0.2) is 11.5 Å². The molecule has 7 heteroatoms. The Balaban J connectivity index is 1.90. The van der Waals surface area contributed by atoms with Crippen LogP contribution >= 0.6 is 11.6 Å². The molecule has 2 aromatic carbocycles. The predicted molar refractivity (Wildman–Crippen MR) is 111 cm³/mol. The Morgan fingerprint density at radius 2 is 1.79 bits per heavy atom. The van der Waals surface area contributed by atoms with E-state index in [0.717, 1.165) is 5.75 Å². The van der Waals surface area contributed by atoms with E-state index in [0.29, 0.717) is 41.7 Å². The number of aryl methyl sites for hydroxylation is 2. The van der Waals surface area contributed by atoms with Gasteiger partial charge in [-0.3, -0.25) is 4.79 Å². The van der Waals surface area contributed by atoms with Gasteiger partial charge in [-0.25, -0.2) is 5.43 Å². The van der Waals surface area contributed by atoms with E-state index in [1.54, 1.807) is 12.1 Å². The number of hydrogen-bond acceptors (Lipinski definition) is 5. The fraction of sp³-hybridized carbons (Fsp3) is 0.333. The Labute approximate surface area is 170 Å². The molecule has 0 aliphatic heterocycles. The molecule has 0 saturated heterocycles. The van der Waals surface area contributed by atoms with E-state index in [4.69, 9.17) is 25.8 Å². The molecule has 0 fully saturated rings. The minimum atomic E-state index is -0.252. The highest BCUT2D eigenvalue weighted by Crippen LogP contribution is 2.36. The molecule has 0 heterocycles. The second-order valence-electron chi connectivity index (χ2n) is 6.33. The first-order valence-electron chi connectivity index (χ1n) is 8.90. The highest BCUT2D eigenvalue weighted by molar-refractivity contribution is 6.32. The molecule has 0 aliphatic rings. The van der Waals surface area contributed by atoms with E-state index >= 15 is 0 Å². The summed E-state index contributed by atoms with van der Waals surface area (Å²) >= 11 is 6.31. The van der Waals surface area contributed by atoms with E-state index in [-0.39, 0.29) is 5.91 Å². The van der Waals surface area contributed by atoms with Gasteiger partial charge in [0, 0.05) is 13.3 Å². The Bertz CT molecular complexity index is 832. The number of rotatable bonds is 9. The predicted octanol–water partition coefficient (Wildman–Crippen LogP) is 4.28. The number of nitrogens with one attached hydrogen (secondary N) is 1. The molecular weight excluding hydrogens is 380 g/mol. The number of amides is 1. The quantitative estimate of drug-likeness (QED) is 0.384. The van der Waals surface area contributed by atoms with Crippen molar-refractivity contribution in [2.45, 2.75) is 27.2 Å². The van der Waals surface area contributed by atoms with Crippen molar-refractivity contribution >= 4 is 23.7 Å². The van der Waals surface area contributed by atoms with E-state index < -0.39 is 0 Å². The van der Waals surface area contributed by atoms with Crippen LogP contribution in [0.4, 0.5) is 0 Å². The number of hydrogen-bond donors (Lipinski definition) is 1. The number of methoxy groups -OCH3 is 1. The summed E-state index contributed by atoms with van der Waals surface area (Å²) in [7, 11) is 1.54. The van der Waals surface area contributed by atoms with Gasteiger partial charge in [0.25, 0.3) is 0 Å². The van der Waals surface area contributed by atoms with Crippen molar-refractivity contribution in [1.29, 1.82) is 0 Å². The van der Waals surface area contributed by atoms with E-state index in [1.165, 1.54) is 31.4 Å². The first-order valence-corrected chi connectivity index (χ1v) is 9.28. The third-order valence-electron chi connectivity index (χ3n) is 3.69. The lowest BCUT2D eigenvalue weighted by Crippen LogP contribution is -2.12. The molecule has 0 radical (unpaired) electrons. The molecule has 0 spiro atoms. The third-order valence-corrected chi connectivity index (χ3v) is 3.97. The van der Waals surface area contributed by atoms with Crippen molar-refractivity contribution in [2.75, 3.05) is 20.3 Å². The first-order chi connectivity index (χ1) is 13.4. The van der Waals surface area contributed by atoms with Crippen molar-refractivity contribution in [3.05, 3.63) is 52.0 Å². The standard InChI is InChI=1S/C21H25ClN2O4/c1-14-8-15(2)10-18(9-14)27-6-5-7-28-21-19(22)11-17(12-20(21)26-4)13-23-24-16(3)25/h8-13H,5-7H2,1-4H3,(H,24,25). The molecule has 2 rings (SSSR count). The van der Waals surface area contributed by atoms with Gasteiger partial charge in [0.2, 0.25) is 5.91 Å². The summed E-state index contributed by atoms with van der Waals surface area (Å²) in [4.78, 5) is 10.9. The molecule has 2 aromatic rings. The number of ether oxygens (including phenoxy) is 3. The van der Waals surface area contributed by atoms with Gasteiger partial charge in [0.1, 0.15) is 5.75 Å². The van der Waals surface area contributed by atoms with Gasteiger partial charge in [-0.1, -0.05) is 17.7 Å². The van der Waals surface area contributed by atoms with E-state index in [1.807, 2.05) is 26.0 Å². The minimum Gasteiger partial charge on any atom is -0.493 e. The van der Waals surface area contributed by atoms with Crippen molar-refractivity contribution in [2.24, 2.45) is 5.10 Å². The average Bonchev–Trinajstić information content (AvgIpc) is 2.61. The number of carbonyl (C=O) groups excluding carboxylic acids is 1. The van der Waals surface area contributed by atoms with Crippen molar-refractivity contribution in [3.8, 4) is 17.2 Å². The van der Waals surface area contributed by atoms with Gasteiger partial charge in [0.05, 0.1) is 31.6 Å².